The molecule has 0 spiro atoms. The first-order valence-electron chi connectivity index (χ1n) is 17.3. The minimum Gasteiger partial charge on any atom is -0.478 e. The maximum atomic E-state index is 12.1. The summed E-state index contributed by atoms with van der Waals surface area (Å²) in [6.45, 7) is 0.643. The number of nitrogens with one attached hydrogen (secondary N) is 3. The van der Waals surface area contributed by atoms with Gasteiger partial charge in [0, 0.05) is 37.8 Å². The quantitative estimate of drug-likeness (QED) is 0.0443. The highest BCUT2D eigenvalue weighted by atomic mass is 16.4. The molecule has 0 radical (unpaired) electrons. The van der Waals surface area contributed by atoms with E-state index in [1.807, 2.05) is 24.4 Å². The van der Waals surface area contributed by atoms with Crippen molar-refractivity contribution in [1.29, 1.82) is 0 Å². The van der Waals surface area contributed by atoms with Crippen LogP contribution in [0.15, 0.2) is 71.4 Å². The number of nitrogens with two attached hydrogens (primary N) is 1. The molecule has 4 unspecified atom stereocenters. The van der Waals surface area contributed by atoms with Gasteiger partial charge in [0.15, 0.2) is 5.96 Å². The van der Waals surface area contributed by atoms with Gasteiger partial charge in [0.2, 0.25) is 0 Å². The van der Waals surface area contributed by atoms with Crippen molar-refractivity contribution >= 4 is 41.1 Å². The number of carboxylic acids is 1. The molecule has 0 bridgehead atoms. The van der Waals surface area contributed by atoms with E-state index in [9.17, 15) is 19.5 Å². The van der Waals surface area contributed by atoms with E-state index in [2.05, 4.69) is 50.9 Å². The normalized spacial score (nSPS) is 16.8. The number of carbonyl (C=O) groups excluding carboxylic acids is 2. The van der Waals surface area contributed by atoms with Gasteiger partial charge < -0.3 is 41.2 Å². The summed E-state index contributed by atoms with van der Waals surface area (Å²) in [5, 5.41) is 28.0. The van der Waals surface area contributed by atoms with Gasteiger partial charge in [-0.25, -0.2) is 4.79 Å². The maximum Gasteiger partial charge on any atom is 0.328 e. The average molecular weight is 658 g/mol. The summed E-state index contributed by atoms with van der Waals surface area (Å²) in [5.74, 6) is 0.366. The Kier molecular flexibility index (Phi) is 14.7. The van der Waals surface area contributed by atoms with Crippen LogP contribution in [0.2, 0.25) is 0 Å². The molecule has 10 heteroatoms. The van der Waals surface area contributed by atoms with E-state index in [0.717, 1.165) is 91.7 Å². The Balaban J connectivity index is 1.54. The van der Waals surface area contributed by atoms with Gasteiger partial charge in [0.25, 0.3) is 0 Å². The van der Waals surface area contributed by atoms with Gasteiger partial charge in [-0.15, -0.1) is 0 Å². The van der Waals surface area contributed by atoms with E-state index < -0.39 is 5.97 Å². The maximum absolute atomic E-state index is 12.1. The number of H-pyrrole nitrogens is 1. The molecule has 3 aromatic rings. The number of unbranched alkanes of at least 4 members (excludes halogenated alkanes) is 3. The lowest BCUT2D eigenvalue weighted by molar-refractivity contribution is -0.131. The molecule has 0 fully saturated rings. The van der Waals surface area contributed by atoms with Crippen molar-refractivity contribution in [2.45, 2.75) is 95.1 Å². The van der Waals surface area contributed by atoms with Crippen LogP contribution in [0.25, 0.3) is 10.8 Å². The van der Waals surface area contributed by atoms with Gasteiger partial charge in [-0.1, -0.05) is 62.1 Å². The lowest BCUT2D eigenvalue weighted by Crippen LogP contribution is -2.48. The van der Waals surface area contributed by atoms with Crippen molar-refractivity contribution in [2.75, 3.05) is 18.5 Å². The topological polar surface area (TPSA) is 170 Å². The highest BCUT2D eigenvalue weighted by molar-refractivity contribution is 5.85. The lowest BCUT2D eigenvalue weighted by Gasteiger charge is -2.32. The standard InChI is InChI=1S/C38H51N5O5/c39-38-41-20-17-35(43-38)33(25-37(47)48)34(42-36-10-5-19-40-36)16-15-29(9-4-2-1-3-7-28(26-46)8-6-21-44)31-14-13-30-12-11-27(18-22-45)23-32(30)24-31/h5,10-14,19,22-26,28-29,34-35,40,42,44H,1-4,6-9,15-18,20-21H2,(H,47,48)(H3,39,41,43). The Morgan fingerprint density at radius 2 is 1.77 bits per heavy atom. The van der Waals surface area contributed by atoms with Crippen LogP contribution in [-0.4, -0.2) is 64.9 Å². The third-order valence-corrected chi connectivity index (χ3v) is 9.37. The molecule has 0 amide bonds. The zero-order valence-electron chi connectivity index (χ0n) is 27.8. The second kappa shape index (κ2) is 19.4. The fourth-order valence-corrected chi connectivity index (χ4v) is 6.80. The Hall–Kier alpha value is -4.44. The molecule has 1 aromatic heterocycles. The number of guanidine groups is 1. The predicted octanol–water partition coefficient (Wildman–Crippen LogP) is 5.87. The van der Waals surface area contributed by atoms with Crippen LogP contribution in [0.1, 0.15) is 87.7 Å². The van der Waals surface area contributed by atoms with Crippen LogP contribution in [0.4, 0.5) is 5.82 Å². The Morgan fingerprint density at radius 3 is 2.48 bits per heavy atom. The number of carboxylic acid groups (broad SMARTS) is 1. The second-order valence-corrected chi connectivity index (χ2v) is 12.9. The van der Waals surface area contributed by atoms with Crippen molar-refractivity contribution in [3.05, 3.63) is 77.5 Å². The van der Waals surface area contributed by atoms with Gasteiger partial charge in [0.05, 0.1) is 12.1 Å². The molecule has 1 aliphatic heterocycles. The molecule has 48 heavy (non-hydrogen) atoms. The molecule has 0 aliphatic carbocycles. The minimum atomic E-state index is -1.00. The molecule has 2 heterocycles. The van der Waals surface area contributed by atoms with Crippen molar-refractivity contribution in [1.82, 2.24) is 10.3 Å². The third-order valence-electron chi connectivity index (χ3n) is 9.37. The molecule has 2 aromatic carbocycles. The SMILES string of the molecule is NC1=NCCC(C(=CC(=O)O)C(CCC(CCCCCCC(C=O)CCCO)c2ccc3ccc(CC=O)cc3c2)Nc2ccc[nH]2)N1. The molecule has 10 nitrogen and oxygen atoms in total. The van der Waals surface area contributed by atoms with Gasteiger partial charge in [0.1, 0.15) is 18.4 Å². The van der Waals surface area contributed by atoms with E-state index in [1.54, 1.807) is 0 Å². The summed E-state index contributed by atoms with van der Waals surface area (Å²) >= 11 is 0. The first-order valence-corrected chi connectivity index (χ1v) is 17.3. The smallest absolute Gasteiger partial charge is 0.328 e. The predicted molar refractivity (Wildman–Crippen MR) is 191 cm³/mol. The molecule has 1 aliphatic rings. The van der Waals surface area contributed by atoms with E-state index in [4.69, 9.17) is 10.8 Å². The summed E-state index contributed by atoms with van der Waals surface area (Å²) in [6.07, 6.45) is 15.0. The highest BCUT2D eigenvalue weighted by Gasteiger charge is 2.27. The van der Waals surface area contributed by atoms with Crippen LogP contribution in [0.5, 0.6) is 0 Å². The molecule has 0 saturated heterocycles. The summed E-state index contributed by atoms with van der Waals surface area (Å²) in [5.41, 5.74) is 8.98. The van der Waals surface area contributed by atoms with Crippen molar-refractivity contribution in [2.24, 2.45) is 16.6 Å². The van der Waals surface area contributed by atoms with Gasteiger partial charge in [-0.05, 0) is 90.5 Å². The number of benzene rings is 2. The first kappa shape index (κ1) is 36.4. The first-order chi connectivity index (χ1) is 23.4. The largest absolute Gasteiger partial charge is 0.478 e. The number of anilines is 1. The summed E-state index contributed by atoms with van der Waals surface area (Å²) in [6, 6.07) is 16.0. The highest BCUT2D eigenvalue weighted by Crippen LogP contribution is 2.33. The van der Waals surface area contributed by atoms with Crippen LogP contribution < -0.4 is 16.4 Å². The van der Waals surface area contributed by atoms with Crippen molar-refractivity contribution in [3.63, 3.8) is 0 Å². The molecule has 4 atom stereocenters. The third kappa shape index (κ3) is 11.4. The number of aliphatic hydroxyl groups is 1. The van der Waals surface area contributed by atoms with Crippen LogP contribution in [-0.2, 0) is 20.8 Å². The molecule has 7 N–H and O–H groups in total. The number of aliphatic imine (C=N–C) groups is 1. The van der Waals surface area contributed by atoms with E-state index in [0.29, 0.717) is 38.2 Å². The zero-order valence-corrected chi connectivity index (χ0v) is 27.8. The van der Waals surface area contributed by atoms with E-state index >= 15 is 0 Å². The number of carbonyl (C=O) groups is 3. The van der Waals surface area contributed by atoms with Gasteiger partial charge in [-0.3, -0.25) is 4.99 Å². The van der Waals surface area contributed by atoms with E-state index in [1.165, 1.54) is 11.6 Å². The number of aliphatic hydroxyl groups excluding tert-OH is 1. The fourth-order valence-electron chi connectivity index (χ4n) is 6.80. The summed E-state index contributed by atoms with van der Waals surface area (Å²) in [7, 11) is 0. The number of rotatable bonds is 22. The minimum absolute atomic E-state index is 0.0176. The number of nitrogens with zero attached hydrogens (tertiary/aromatic N) is 1. The number of aromatic amines is 1. The number of fused-ring (bicyclic) bond motifs is 1. The fraction of sp³-hybridized carbons (Fsp3) is 0.474. The van der Waals surface area contributed by atoms with Crippen molar-refractivity contribution in [3.8, 4) is 0 Å². The molecular formula is C38H51N5O5. The van der Waals surface area contributed by atoms with Crippen molar-refractivity contribution < 1.29 is 24.6 Å². The average Bonchev–Trinajstić information content (AvgIpc) is 3.60. The monoisotopic (exact) mass is 657 g/mol. The molecule has 0 saturated carbocycles. The number of aromatic nitrogens is 1. The molecule has 258 valence electrons. The van der Waals surface area contributed by atoms with Crippen LogP contribution in [0, 0.1) is 5.92 Å². The Morgan fingerprint density at radius 1 is 0.979 bits per heavy atom. The summed E-state index contributed by atoms with van der Waals surface area (Å²) in [4.78, 5) is 42.2. The lowest BCUT2D eigenvalue weighted by atomic mass is 9.84. The Labute approximate surface area is 283 Å². The van der Waals surface area contributed by atoms with E-state index in [-0.39, 0.29) is 30.5 Å². The number of hydrogen-bond acceptors (Lipinski definition) is 8. The second-order valence-electron chi connectivity index (χ2n) is 12.9. The number of aldehydes is 2. The summed E-state index contributed by atoms with van der Waals surface area (Å²) < 4.78 is 0. The van der Waals surface area contributed by atoms with Gasteiger partial charge >= 0.3 is 5.97 Å². The number of hydrogen-bond donors (Lipinski definition) is 6. The molecular weight excluding hydrogens is 606 g/mol. The zero-order chi connectivity index (χ0) is 34.1. The Bertz CT molecular complexity index is 1520. The van der Waals surface area contributed by atoms with Crippen LogP contribution in [0.3, 0.4) is 0 Å². The number of aliphatic carboxylic acids is 1. The molecule has 4 rings (SSSR count). The van der Waals surface area contributed by atoms with Gasteiger partial charge in [-0.2, -0.15) is 0 Å². The van der Waals surface area contributed by atoms with Crippen LogP contribution >= 0.6 is 0 Å².